The first-order chi connectivity index (χ1) is 17.7. The smallest absolute Gasteiger partial charge is 0.266 e. The molecule has 1 aliphatic rings. The number of hydrogen-bond donors (Lipinski definition) is 1. The van der Waals surface area contributed by atoms with E-state index < -0.39 is 23.4 Å². The van der Waals surface area contributed by atoms with Crippen LogP contribution in [0.25, 0.3) is 11.0 Å². The molecule has 0 saturated carbocycles. The van der Waals surface area contributed by atoms with Crippen molar-refractivity contribution in [1.82, 2.24) is 19.4 Å². The molecule has 1 aromatic carbocycles. The fourth-order valence-corrected chi connectivity index (χ4v) is 4.74. The zero-order valence-corrected chi connectivity index (χ0v) is 20.8. The molecule has 1 saturated heterocycles. The van der Waals surface area contributed by atoms with Crippen LogP contribution in [-0.2, 0) is 33.5 Å². The Balaban J connectivity index is 1.69. The monoisotopic (exact) mass is 519 g/mol. The molecule has 12 heteroatoms. The molecule has 3 heterocycles. The number of pyridine rings is 1. The van der Waals surface area contributed by atoms with E-state index in [2.05, 4.69) is 15.3 Å². The minimum Gasteiger partial charge on any atom is -0.375 e. The number of carbonyl (C=O) groups is 1. The van der Waals surface area contributed by atoms with Gasteiger partial charge in [-0.2, -0.15) is 0 Å². The summed E-state index contributed by atoms with van der Waals surface area (Å²) in [5, 5.41) is 3.48. The Morgan fingerprint density at radius 1 is 1.22 bits per heavy atom. The van der Waals surface area contributed by atoms with Crippen molar-refractivity contribution >= 4 is 22.8 Å². The van der Waals surface area contributed by atoms with Gasteiger partial charge in [-0.05, 0) is 18.9 Å². The molecule has 0 atom stereocenters. The molecule has 37 heavy (non-hydrogen) atoms. The van der Waals surface area contributed by atoms with Crippen LogP contribution in [0.2, 0.25) is 0 Å². The van der Waals surface area contributed by atoms with Crippen molar-refractivity contribution in [2.75, 3.05) is 39.2 Å². The van der Waals surface area contributed by atoms with E-state index in [1.807, 2.05) is 0 Å². The van der Waals surface area contributed by atoms with Crippen LogP contribution >= 0.6 is 0 Å². The second-order valence-corrected chi connectivity index (χ2v) is 8.87. The molecule has 198 valence electrons. The van der Waals surface area contributed by atoms with E-state index in [0.29, 0.717) is 48.3 Å². The Bertz CT molecular complexity index is 1360. The number of halogens is 3. The Labute approximate surface area is 211 Å². The number of benzene rings is 1. The molecule has 0 unspecified atom stereocenters. The summed E-state index contributed by atoms with van der Waals surface area (Å²) in [6, 6.07) is 5.48. The van der Waals surface area contributed by atoms with E-state index in [1.54, 1.807) is 18.0 Å². The maximum atomic E-state index is 14.5. The van der Waals surface area contributed by atoms with Crippen molar-refractivity contribution in [3.8, 4) is 0 Å². The number of nitrogens with one attached hydrogen (secondary N) is 1. The van der Waals surface area contributed by atoms with Gasteiger partial charge in [0.2, 0.25) is 5.91 Å². The minimum atomic E-state index is -2.93. The molecule has 1 amide bonds. The first-order valence-electron chi connectivity index (χ1n) is 11.7. The standard InChI is InChI=1S/C25H28F3N5O4/c1-32-23-17(22(30-14-31-23)29-12-15-5-4-6-16(20(15)26)21(27)28)11-18(24(32)35)25(37-3)7-9-33(10-8-25)19(34)13-36-2/h4-6,11,14,21H,7-10,12-13H2,1-3H3,(H,29,30,31). The number of nitrogens with zero attached hydrogens (tertiary/aromatic N) is 4. The van der Waals surface area contributed by atoms with Crippen LogP contribution < -0.4 is 10.9 Å². The van der Waals surface area contributed by atoms with Gasteiger partial charge in [-0.25, -0.2) is 23.1 Å². The number of aromatic nitrogens is 3. The number of fused-ring (bicyclic) bond motifs is 1. The van der Waals surface area contributed by atoms with Crippen molar-refractivity contribution in [3.05, 3.63) is 63.5 Å². The summed E-state index contributed by atoms with van der Waals surface area (Å²) in [6.45, 7) is 0.633. The van der Waals surface area contributed by atoms with Crippen molar-refractivity contribution in [1.29, 1.82) is 0 Å². The van der Waals surface area contributed by atoms with Gasteiger partial charge in [-0.15, -0.1) is 0 Å². The number of methoxy groups -OCH3 is 2. The third-order valence-electron chi connectivity index (χ3n) is 6.87. The molecule has 4 rings (SSSR count). The van der Waals surface area contributed by atoms with Crippen LogP contribution in [0.3, 0.4) is 0 Å². The molecule has 0 spiro atoms. The first kappa shape index (κ1) is 26.6. The molecule has 1 fully saturated rings. The molecule has 0 bridgehead atoms. The van der Waals surface area contributed by atoms with Gasteiger partial charge in [0.15, 0.2) is 0 Å². The first-order valence-corrected chi connectivity index (χ1v) is 11.7. The summed E-state index contributed by atoms with van der Waals surface area (Å²) in [7, 11) is 4.56. The van der Waals surface area contributed by atoms with E-state index in [4.69, 9.17) is 9.47 Å². The van der Waals surface area contributed by atoms with Gasteiger partial charge in [0, 0.05) is 46.5 Å². The quantitative estimate of drug-likeness (QED) is 0.488. The molecular formula is C25H28F3N5O4. The summed E-state index contributed by atoms with van der Waals surface area (Å²) < 4.78 is 53.0. The average molecular weight is 520 g/mol. The predicted molar refractivity (Wildman–Crippen MR) is 130 cm³/mol. The van der Waals surface area contributed by atoms with Crippen LogP contribution in [0.15, 0.2) is 35.4 Å². The van der Waals surface area contributed by atoms with Crippen molar-refractivity contribution in [2.45, 2.75) is 31.4 Å². The highest BCUT2D eigenvalue weighted by Gasteiger charge is 2.40. The molecular weight excluding hydrogens is 491 g/mol. The summed E-state index contributed by atoms with van der Waals surface area (Å²) in [5.41, 5.74) is -1.14. The van der Waals surface area contributed by atoms with E-state index in [1.165, 1.54) is 37.2 Å². The zero-order chi connectivity index (χ0) is 26.7. The number of ether oxygens (including phenoxy) is 2. The molecule has 9 nitrogen and oxygen atoms in total. The van der Waals surface area contributed by atoms with Gasteiger partial charge in [0.25, 0.3) is 12.0 Å². The number of rotatable bonds is 8. The zero-order valence-electron chi connectivity index (χ0n) is 20.8. The third-order valence-corrected chi connectivity index (χ3v) is 6.87. The van der Waals surface area contributed by atoms with Crippen molar-refractivity contribution in [2.24, 2.45) is 7.05 Å². The average Bonchev–Trinajstić information content (AvgIpc) is 2.90. The van der Waals surface area contributed by atoms with Gasteiger partial charge in [-0.1, -0.05) is 18.2 Å². The number of amides is 1. The summed E-state index contributed by atoms with van der Waals surface area (Å²) in [6.07, 6.45) is -0.885. The fourth-order valence-electron chi connectivity index (χ4n) is 4.74. The molecule has 2 aromatic heterocycles. The maximum Gasteiger partial charge on any atom is 0.266 e. The topological polar surface area (TPSA) is 98.6 Å². The largest absolute Gasteiger partial charge is 0.375 e. The number of alkyl halides is 2. The van der Waals surface area contributed by atoms with Crippen LogP contribution in [-0.4, -0.2) is 59.3 Å². The number of aryl methyl sites for hydroxylation is 1. The lowest BCUT2D eigenvalue weighted by atomic mass is 9.84. The highest BCUT2D eigenvalue weighted by molar-refractivity contribution is 5.87. The Morgan fingerprint density at radius 2 is 1.95 bits per heavy atom. The number of anilines is 1. The maximum absolute atomic E-state index is 14.5. The number of likely N-dealkylation sites (tertiary alicyclic amines) is 1. The van der Waals surface area contributed by atoms with Gasteiger partial charge in [-0.3, -0.25) is 14.2 Å². The van der Waals surface area contributed by atoms with Crippen LogP contribution in [0.1, 0.15) is 36.0 Å². The van der Waals surface area contributed by atoms with Gasteiger partial charge >= 0.3 is 0 Å². The minimum absolute atomic E-state index is 0.0229. The van der Waals surface area contributed by atoms with Gasteiger partial charge in [0.05, 0.1) is 16.5 Å². The van der Waals surface area contributed by atoms with Crippen molar-refractivity contribution in [3.63, 3.8) is 0 Å². The lowest BCUT2D eigenvalue weighted by Crippen LogP contribution is -2.49. The SMILES string of the molecule is COCC(=O)N1CCC(OC)(c2cc3c(NCc4cccc(C(F)F)c4F)ncnc3n(C)c2=O)CC1. The molecule has 0 aliphatic carbocycles. The van der Waals surface area contributed by atoms with E-state index in [9.17, 15) is 22.8 Å². The molecule has 1 aliphatic heterocycles. The van der Waals surface area contributed by atoms with Crippen molar-refractivity contribution < 1.29 is 27.4 Å². The Morgan fingerprint density at radius 3 is 2.59 bits per heavy atom. The third kappa shape index (κ3) is 5.03. The van der Waals surface area contributed by atoms with E-state index >= 15 is 0 Å². The van der Waals surface area contributed by atoms with E-state index in [0.717, 1.165) is 6.07 Å². The lowest BCUT2D eigenvalue weighted by Gasteiger charge is -2.40. The summed E-state index contributed by atoms with van der Waals surface area (Å²) in [4.78, 5) is 35.8. The Kier molecular flexibility index (Phi) is 7.79. The number of piperidine rings is 1. The highest BCUT2D eigenvalue weighted by atomic mass is 19.3. The van der Waals surface area contributed by atoms with Gasteiger partial charge < -0.3 is 19.7 Å². The fraction of sp³-hybridized carbons (Fsp3) is 0.440. The van der Waals surface area contributed by atoms with Crippen LogP contribution in [0.4, 0.5) is 19.0 Å². The summed E-state index contributed by atoms with van der Waals surface area (Å²) in [5.74, 6) is -0.811. The summed E-state index contributed by atoms with van der Waals surface area (Å²) >= 11 is 0. The second-order valence-electron chi connectivity index (χ2n) is 8.87. The normalized spacial score (nSPS) is 15.4. The number of carbonyl (C=O) groups excluding carboxylic acids is 1. The molecule has 0 radical (unpaired) electrons. The number of hydrogen-bond acceptors (Lipinski definition) is 7. The van der Waals surface area contributed by atoms with Crippen LogP contribution in [0, 0.1) is 5.82 Å². The molecule has 3 aromatic rings. The van der Waals surface area contributed by atoms with Crippen LogP contribution in [0.5, 0.6) is 0 Å². The Hall–Kier alpha value is -3.51. The predicted octanol–water partition coefficient (Wildman–Crippen LogP) is 3.13. The molecule has 1 N–H and O–H groups in total. The second kappa shape index (κ2) is 10.9. The van der Waals surface area contributed by atoms with E-state index in [-0.39, 0.29) is 30.2 Å². The lowest BCUT2D eigenvalue weighted by molar-refractivity contribution is -0.141. The highest BCUT2D eigenvalue weighted by Crippen LogP contribution is 2.36. The van der Waals surface area contributed by atoms with Gasteiger partial charge in [0.1, 0.15) is 35.8 Å².